The summed E-state index contributed by atoms with van der Waals surface area (Å²) >= 11 is 3.40. The molecule has 0 amide bonds. The zero-order chi connectivity index (χ0) is 11.1. The van der Waals surface area contributed by atoms with Gasteiger partial charge in [-0.25, -0.2) is 4.98 Å². The molecule has 2 N–H and O–H groups in total. The van der Waals surface area contributed by atoms with Gasteiger partial charge in [-0.2, -0.15) is 0 Å². The topological polar surface area (TPSA) is 49.6 Å². The molecular weight excluding hydrogens is 270 g/mol. The van der Waals surface area contributed by atoms with Crippen LogP contribution in [0.3, 0.4) is 0 Å². The van der Waals surface area contributed by atoms with Gasteiger partial charge in [-0.3, -0.25) is 4.40 Å². The van der Waals surface area contributed by atoms with Crippen molar-refractivity contribution in [2.45, 2.75) is 12.3 Å². The second-order valence-electron chi connectivity index (χ2n) is 4.06. The number of nitrogens with zero attached hydrogens (tertiary/aromatic N) is 2. The third-order valence-electron chi connectivity index (χ3n) is 3.05. The number of hydrogen-bond donors (Lipinski definition) is 2. The lowest BCUT2D eigenvalue weighted by Gasteiger charge is -2.07. The highest BCUT2D eigenvalue weighted by molar-refractivity contribution is 9.10. The fraction of sp³-hybridized carbons (Fsp3) is 0.364. The predicted molar refractivity (Wildman–Crippen MR) is 64.8 cm³/mol. The van der Waals surface area contributed by atoms with Gasteiger partial charge in [-0.15, -0.1) is 0 Å². The highest BCUT2D eigenvalue weighted by Crippen LogP contribution is 2.31. The Labute approximate surface area is 101 Å². The number of halogens is 1. The average molecular weight is 282 g/mol. The van der Waals surface area contributed by atoms with Gasteiger partial charge in [-0.05, 0) is 41.0 Å². The van der Waals surface area contributed by atoms with Crippen molar-refractivity contribution in [3.8, 4) is 5.75 Å². The Balaban J connectivity index is 2.22. The second kappa shape index (κ2) is 3.75. The summed E-state index contributed by atoms with van der Waals surface area (Å²) in [6, 6.07) is 3.51. The summed E-state index contributed by atoms with van der Waals surface area (Å²) in [5.41, 5.74) is 0.754. The largest absolute Gasteiger partial charge is 0.506 e. The molecule has 1 aliphatic rings. The van der Waals surface area contributed by atoms with Crippen LogP contribution in [-0.2, 0) is 0 Å². The molecule has 0 bridgehead atoms. The Morgan fingerprint density at radius 3 is 3.19 bits per heavy atom. The van der Waals surface area contributed by atoms with E-state index in [9.17, 15) is 5.11 Å². The van der Waals surface area contributed by atoms with E-state index in [4.69, 9.17) is 0 Å². The molecule has 2 aromatic heterocycles. The molecule has 0 radical (unpaired) electrons. The van der Waals surface area contributed by atoms with E-state index < -0.39 is 0 Å². The lowest BCUT2D eigenvalue weighted by molar-refractivity contribution is 0.478. The molecule has 3 heterocycles. The normalized spacial score (nSPS) is 20.7. The van der Waals surface area contributed by atoms with Crippen LogP contribution >= 0.6 is 15.9 Å². The smallest absolute Gasteiger partial charge is 0.142 e. The van der Waals surface area contributed by atoms with E-state index in [1.807, 2.05) is 16.7 Å². The van der Waals surface area contributed by atoms with Gasteiger partial charge in [0.1, 0.15) is 21.7 Å². The number of rotatable bonds is 1. The van der Waals surface area contributed by atoms with E-state index in [0.717, 1.165) is 30.9 Å². The van der Waals surface area contributed by atoms with Gasteiger partial charge in [-0.1, -0.05) is 0 Å². The molecule has 0 aliphatic carbocycles. The van der Waals surface area contributed by atoms with E-state index >= 15 is 0 Å². The summed E-state index contributed by atoms with van der Waals surface area (Å²) in [6.45, 7) is 2.00. The van der Waals surface area contributed by atoms with E-state index in [0.29, 0.717) is 10.5 Å². The van der Waals surface area contributed by atoms with Crippen molar-refractivity contribution in [3.05, 3.63) is 28.8 Å². The monoisotopic (exact) mass is 281 g/mol. The van der Waals surface area contributed by atoms with Gasteiger partial charge in [0, 0.05) is 18.7 Å². The molecule has 1 atom stereocenters. The lowest BCUT2D eigenvalue weighted by Crippen LogP contribution is -2.10. The van der Waals surface area contributed by atoms with Crippen LogP contribution in [0.5, 0.6) is 5.75 Å². The van der Waals surface area contributed by atoms with E-state index in [1.54, 1.807) is 6.07 Å². The molecule has 0 aromatic carbocycles. The first-order chi connectivity index (χ1) is 7.77. The second-order valence-corrected chi connectivity index (χ2v) is 4.81. The standard InChI is InChI=1S/C11H12BrN3O/c12-10-9-8(16)2-1-5-15(9)11(14-10)7-3-4-13-6-7/h1-2,5,7,13,16H,3-4,6H2. The van der Waals surface area contributed by atoms with Crippen LogP contribution in [0.2, 0.25) is 0 Å². The molecule has 1 saturated heterocycles. The summed E-state index contributed by atoms with van der Waals surface area (Å²) in [6.07, 6.45) is 3.04. The fourth-order valence-electron chi connectivity index (χ4n) is 2.26. The molecule has 0 saturated carbocycles. The maximum atomic E-state index is 9.80. The number of aromatic hydroxyl groups is 1. The number of imidazole rings is 1. The average Bonchev–Trinajstić information content (AvgIpc) is 2.86. The highest BCUT2D eigenvalue weighted by Gasteiger charge is 2.23. The van der Waals surface area contributed by atoms with Gasteiger partial charge < -0.3 is 10.4 Å². The number of hydrogen-bond acceptors (Lipinski definition) is 3. The molecule has 3 rings (SSSR count). The summed E-state index contributed by atoms with van der Waals surface area (Å²) in [5, 5.41) is 13.1. The van der Waals surface area contributed by atoms with Crippen molar-refractivity contribution in [3.63, 3.8) is 0 Å². The molecule has 0 spiro atoms. The fourth-order valence-corrected chi connectivity index (χ4v) is 2.84. The zero-order valence-electron chi connectivity index (χ0n) is 8.65. The van der Waals surface area contributed by atoms with E-state index in [-0.39, 0.29) is 5.75 Å². The SMILES string of the molecule is Oc1cccn2c(C3CCNC3)nc(Br)c12. The summed E-state index contributed by atoms with van der Waals surface area (Å²) in [4.78, 5) is 4.51. The third kappa shape index (κ3) is 1.43. The minimum atomic E-state index is 0.263. The Morgan fingerprint density at radius 2 is 2.44 bits per heavy atom. The molecule has 1 aliphatic heterocycles. The van der Waals surface area contributed by atoms with Crippen LogP contribution in [0, 0.1) is 0 Å². The maximum Gasteiger partial charge on any atom is 0.142 e. The van der Waals surface area contributed by atoms with Crippen LogP contribution in [-0.4, -0.2) is 27.6 Å². The molecular formula is C11H12BrN3O. The Morgan fingerprint density at radius 1 is 1.56 bits per heavy atom. The minimum absolute atomic E-state index is 0.263. The number of aromatic nitrogens is 2. The molecule has 2 aromatic rings. The van der Waals surface area contributed by atoms with Crippen molar-refractivity contribution in [2.24, 2.45) is 0 Å². The molecule has 1 fully saturated rings. The van der Waals surface area contributed by atoms with E-state index in [2.05, 4.69) is 26.2 Å². The van der Waals surface area contributed by atoms with Crippen molar-refractivity contribution >= 4 is 21.4 Å². The number of nitrogens with one attached hydrogen (secondary N) is 1. The number of pyridine rings is 1. The lowest BCUT2D eigenvalue weighted by atomic mass is 10.1. The van der Waals surface area contributed by atoms with Crippen molar-refractivity contribution in [1.82, 2.24) is 14.7 Å². The van der Waals surface area contributed by atoms with Gasteiger partial charge in [0.2, 0.25) is 0 Å². The van der Waals surface area contributed by atoms with Gasteiger partial charge in [0.25, 0.3) is 0 Å². The van der Waals surface area contributed by atoms with Gasteiger partial charge in [0.05, 0.1) is 0 Å². The summed E-state index contributed by atoms with van der Waals surface area (Å²) < 4.78 is 2.68. The first-order valence-corrected chi connectivity index (χ1v) is 6.13. The first-order valence-electron chi connectivity index (χ1n) is 5.33. The Bertz CT molecular complexity index is 531. The van der Waals surface area contributed by atoms with Crippen molar-refractivity contribution in [2.75, 3.05) is 13.1 Å². The van der Waals surface area contributed by atoms with Crippen LogP contribution in [0.25, 0.3) is 5.52 Å². The highest BCUT2D eigenvalue weighted by atomic mass is 79.9. The van der Waals surface area contributed by atoms with Crippen LogP contribution in [0.1, 0.15) is 18.2 Å². The molecule has 84 valence electrons. The van der Waals surface area contributed by atoms with Crippen molar-refractivity contribution in [1.29, 1.82) is 0 Å². The van der Waals surface area contributed by atoms with Crippen LogP contribution in [0.4, 0.5) is 0 Å². The Hall–Kier alpha value is -1.07. The summed E-state index contributed by atoms with van der Waals surface area (Å²) in [5.74, 6) is 1.71. The Kier molecular flexibility index (Phi) is 2.37. The van der Waals surface area contributed by atoms with E-state index in [1.165, 1.54) is 0 Å². The van der Waals surface area contributed by atoms with Gasteiger partial charge in [0.15, 0.2) is 0 Å². The van der Waals surface area contributed by atoms with Gasteiger partial charge >= 0.3 is 0 Å². The predicted octanol–water partition coefficient (Wildman–Crippen LogP) is 1.88. The quantitative estimate of drug-likeness (QED) is 0.839. The molecule has 1 unspecified atom stereocenters. The molecule has 4 nitrogen and oxygen atoms in total. The van der Waals surface area contributed by atoms with Crippen LogP contribution < -0.4 is 5.32 Å². The van der Waals surface area contributed by atoms with Crippen molar-refractivity contribution < 1.29 is 5.11 Å². The first kappa shape index (κ1) is 10.1. The van der Waals surface area contributed by atoms with Crippen LogP contribution in [0.15, 0.2) is 22.9 Å². The maximum absolute atomic E-state index is 9.80. The zero-order valence-corrected chi connectivity index (χ0v) is 10.2. The molecule has 16 heavy (non-hydrogen) atoms. The summed E-state index contributed by atoms with van der Waals surface area (Å²) in [7, 11) is 0. The minimum Gasteiger partial charge on any atom is -0.506 e. The molecule has 5 heteroatoms. The third-order valence-corrected chi connectivity index (χ3v) is 3.61. The number of fused-ring (bicyclic) bond motifs is 1.